The van der Waals surface area contributed by atoms with E-state index in [0.29, 0.717) is 6.42 Å². The highest BCUT2D eigenvalue weighted by Crippen LogP contribution is 2.35. The number of hydrogen-bond donors (Lipinski definition) is 2. The molecule has 0 aromatic rings. The van der Waals surface area contributed by atoms with Gasteiger partial charge in [-0.25, -0.2) is 0 Å². The number of ether oxygens (including phenoxy) is 2. The van der Waals surface area contributed by atoms with E-state index in [1.807, 2.05) is 0 Å². The Bertz CT molecular complexity index is 864. The van der Waals surface area contributed by atoms with Crippen molar-refractivity contribution in [3.8, 4) is 0 Å². The van der Waals surface area contributed by atoms with Crippen LogP contribution in [0.5, 0.6) is 0 Å². The van der Waals surface area contributed by atoms with E-state index in [4.69, 9.17) is 24.5 Å². The molecule has 1 saturated heterocycles. The zero-order chi connectivity index (χ0) is 45.5. The van der Waals surface area contributed by atoms with Crippen molar-refractivity contribution in [2.24, 2.45) is 11.8 Å². The van der Waals surface area contributed by atoms with E-state index in [2.05, 4.69) is 53.4 Å². The van der Waals surface area contributed by atoms with Crippen LogP contribution >= 0.6 is 0 Å². The van der Waals surface area contributed by atoms with Gasteiger partial charge >= 0.3 is 5.97 Å². The Morgan fingerprint density at radius 1 is 0.557 bits per heavy atom. The fraction of sp³-hybridized carbons (Fsp3) is 0.963. The first-order chi connectivity index (χ1) is 29.7. The summed E-state index contributed by atoms with van der Waals surface area (Å²) in [6.45, 7) is 19.6. The Morgan fingerprint density at radius 3 is 1.26 bits per heavy atom. The van der Waals surface area contributed by atoms with Crippen LogP contribution in [0.3, 0.4) is 0 Å². The van der Waals surface area contributed by atoms with E-state index in [-0.39, 0.29) is 18.4 Å². The first-order valence-corrected chi connectivity index (χ1v) is 27.1. The first kappa shape index (κ1) is 61.9. The zero-order valence-corrected chi connectivity index (χ0v) is 42.3. The van der Waals surface area contributed by atoms with Crippen LogP contribution in [0.1, 0.15) is 286 Å². The smallest absolute Gasteiger partial charge is 0.303 e. The Hall–Kier alpha value is -1.18. The van der Waals surface area contributed by atoms with Gasteiger partial charge in [-0.15, -0.1) is 0 Å². The van der Waals surface area contributed by atoms with Crippen molar-refractivity contribution in [1.29, 1.82) is 0 Å². The topological polar surface area (TPSA) is 96.3 Å². The highest BCUT2D eigenvalue weighted by Gasteiger charge is 2.40. The summed E-state index contributed by atoms with van der Waals surface area (Å²) in [7, 11) is 0. The van der Waals surface area contributed by atoms with Gasteiger partial charge in [-0.05, 0) is 44.2 Å². The van der Waals surface area contributed by atoms with Gasteiger partial charge in [0.05, 0.1) is 12.7 Å². The van der Waals surface area contributed by atoms with E-state index < -0.39 is 5.97 Å². The maximum atomic E-state index is 10.7. The molecular formula is C54H109NO6. The van der Waals surface area contributed by atoms with Crippen molar-refractivity contribution in [2.75, 3.05) is 26.2 Å². The molecule has 0 aromatic heterocycles. The number of hydrogen-bond acceptors (Lipinski definition) is 5. The summed E-state index contributed by atoms with van der Waals surface area (Å²) >= 11 is 0. The lowest BCUT2D eigenvalue weighted by Crippen LogP contribution is -2.36. The van der Waals surface area contributed by atoms with Crippen LogP contribution in [0.25, 0.3) is 0 Å². The summed E-state index contributed by atoms with van der Waals surface area (Å²) < 4.78 is 13.2. The normalized spacial score (nSPS) is 16.2. The number of carboxylic acid groups (broad SMARTS) is 2. The van der Waals surface area contributed by atoms with Crippen molar-refractivity contribution in [2.45, 2.75) is 298 Å². The van der Waals surface area contributed by atoms with E-state index >= 15 is 0 Å². The Labute approximate surface area is 381 Å². The Balaban J connectivity index is 0. The molecular weight excluding hydrogens is 759 g/mol. The second-order valence-corrected chi connectivity index (χ2v) is 18.8. The van der Waals surface area contributed by atoms with Crippen LogP contribution in [-0.4, -0.2) is 65.7 Å². The predicted octanol–water partition coefficient (Wildman–Crippen LogP) is 17.0. The number of carboxylic acids is 1. The van der Waals surface area contributed by atoms with E-state index in [1.165, 1.54) is 193 Å². The highest BCUT2D eigenvalue weighted by molar-refractivity contribution is 5.66. The van der Waals surface area contributed by atoms with Gasteiger partial charge in [-0.2, -0.15) is 0 Å². The fourth-order valence-corrected chi connectivity index (χ4v) is 9.20. The minimum absolute atomic E-state index is 0.196. The molecule has 0 radical (unpaired) electrons. The molecule has 7 nitrogen and oxygen atoms in total. The van der Waals surface area contributed by atoms with E-state index in [0.717, 1.165) is 76.6 Å². The van der Waals surface area contributed by atoms with Gasteiger partial charge < -0.3 is 24.6 Å². The summed E-state index contributed by atoms with van der Waals surface area (Å²) in [5.74, 6) is 0.979. The van der Waals surface area contributed by atoms with Crippen molar-refractivity contribution < 1.29 is 29.3 Å². The monoisotopic (exact) mass is 868 g/mol. The lowest BCUT2D eigenvalue weighted by Gasteiger charge is -2.29. The van der Waals surface area contributed by atoms with Crippen molar-refractivity contribution in [3.63, 3.8) is 0 Å². The predicted molar refractivity (Wildman–Crippen MR) is 264 cm³/mol. The van der Waals surface area contributed by atoms with Gasteiger partial charge in [0.2, 0.25) is 0 Å². The van der Waals surface area contributed by atoms with Crippen LogP contribution in [0.15, 0.2) is 0 Å². The molecule has 1 heterocycles. The third kappa shape index (κ3) is 41.3. The van der Waals surface area contributed by atoms with Gasteiger partial charge in [0.1, 0.15) is 0 Å². The minimum atomic E-state index is -0.670. The van der Waals surface area contributed by atoms with Gasteiger partial charge in [0.15, 0.2) is 5.79 Å². The second-order valence-electron chi connectivity index (χ2n) is 18.8. The van der Waals surface area contributed by atoms with Crippen molar-refractivity contribution in [3.05, 3.63) is 0 Å². The van der Waals surface area contributed by atoms with Crippen molar-refractivity contribution >= 4 is 12.4 Å². The third-order valence-electron chi connectivity index (χ3n) is 13.3. The lowest BCUT2D eigenvalue weighted by atomic mass is 9.90. The molecule has 0 amide bonds. The van der Waals surface area contributed by atoms with Crippen LogP contribution < -0.4 is 0 Å². The van der Waals surface area contributed by atoms with E-state index in [9.17, 15) is 4.79 Å². The number of unbranched alkanes of at least 4 members (excludes halogenated alkanes) is 22. The van der Waals surface area contributed by atoms with Crippen molar-refractivity contribution in [1.82, 2.24) is 4.90 Å². The van der Waals surface area contributed by atoms with Crippen LogP contribution in [-0.2, 0) is 19.1 Å². The van der Waals surface area contributed by atoms with Crippen LogP contribution in [0.2, 0.25) is 0 Å². The van der Waals surface area contributed by atoms with Gasteiger partial charge in [-0.3, -0.25) is 9.59 Å². The number of nitrogens with zero attached hydrogens (tertiary/aromatic N) is 1. The molecule has 1 aliphatic heterocycles. The molecule has 0 bridgehead atoms. The third-order valence-corrected chi connectivity index (χ3v) is 13.3. The molecule has 0 saturated carbocycles. The van der Waals surface area contributed by atoms with Gasteiger partial charge in [0.25, 0.3) is 6.47 Å². The molecule has 61 heavy (non-hydrogen) atoms. The highest BCUT2D eigenvalue weighted by atomic mass is 16.7. The fourth-order valence-electron chi connectivity index (χ4n) is 9.20. The zero-order valence-electron chi connectivity index (χ0n) is 42.3. The molecule has 2 N–H and O–H groups in total. The quantitative estimate of drug-likeness (QED) is 0.0465. The largest absolute Gasteiger partial charge is 0.483 e. The molecule has 1 fully saturated rings. The summed E-state index contributed by atoms with van der Waals surface area (Å²) in [6.07, 6.45) is 48.5. The number of rotatable bonds is 43. The molecule has 1 aliphatic rings. The first-order valence-electron chi connectivity index (χ1n) is 27.1. The van der Waals surface area contributed by atoms with Crippen LogP contribution in [0, 0.1) is 11.8 Å². The Kier molecular flexibility index (Phi) is 49.0. The average molecular weight is 868 g/mol. The van der Waals surface area contributed by atoms with Crippen LogP contribution in [0.4, 0.5) is 0 Å². The average Bonchev–Trinajstić information content (AvgIpc) is 3.66. The van der Waals surface area contributed by atoms with Gasteiger partial charge in [0, 0.05) is 25.8 Å². The molecule has 7 heteroatoms. The molecule has 0 spiro atoms. The minimum Gasteiger partial charge on any atom is -0.483 e. The molecule has 2 atom stereocenters. The molecule has 0 aromatic carbocycles. The summed E-state index contributed by atoms with van der Waals surface area (Å²) in [6, 6.07) is 0. The molecule has 2 unspecified atom stereocenters. The standard InChI is InChI=1S/C40H79NO4.C13H28.CH2O2/c1-5-9-23-29-37(30-24-10-6-2)31-25-19-15-12-11-13-17-21-27-33-40(44-36-38(45-40)35-41(7-3)8-4)34-28-22-18-14-16-20-26-32-39(42)43;1-4-7-9-11-13(6-3)12-10-8-5-2;2-1-3/h37-38H,5-36H2,1-4H3,(H,42,43);13H,4-12H2,1-3H3;1H,(H,2,3). The number of likely N-dealkylation sites (N-methyl/N-ethyl adjacent to an activating group) is 1. The SMILES string of the molecule is CCCCCC(CC)CCCCC.CCCCCC(CCCCC)CCCCCCCCCCCC1(CCCCCCCCCC(=O)O)OCC(CN(CC)CC)O1.O=CO. The summed E-state index contributed by atoms with van der Waals surface area (Å²) in [4.78, 5) is 21.5. The molecule has 1 rings (SSSR count). The lowest BCUT2D eigenvalue weighted by molar-refractivity contribution is -0.180. The maximum Gasteiger partial charge on any atom is 0.303 e. The maximum absolute atomic E-state index is 10.7. The number of carbonyl (C=O) groups is 2. The molecule has 0 aliphatic carbocycles. The second kappa shape index (κ2) is 48.3. The molecule has 366 valence electrons. The summed E-state index contributed by atoms with van der Waals surface area (Å²) in [5, 5.41) is 15.7. The summed E-state index contributed by atoms with van der Waals surface area (Å²) in [5.41, 5.74) is 0. The number of aliphatic carboxylic acids is 1. The van der Waals surface area contributed by atoms with Gasteiger partial charge in [-0.1, -0.05) is 248 Å². The Morgan fingerprint density at radius 2 is 0.902 bits per heavy atom. The van der Waals surface area contributed by atoms with E-state index in [1.54, 1.807) is 0 Å².